The van der Waals surface area contributed by atoms with Gasteiger partial charge in [-0.3, -0.25) is 4.79 Å². The van der Waals surface area contributed by atoms with Gasteiger partial charge in [0.15, 0.2) is 0 Å². The summed E-state index contributed by atoms with van der Waals surface area (Å²) >= 11 is 0. The standard InChI is InChI=1S/C20H22N4O3S/c1-24(2)19-10-8-17(14-21-19)23-20(25)11-12-22-28(26,27)18-9-7-15-5-3-4-6-16(15)13-18/h3-10,13-14,22H,11-12H2,1-2H3,(H,23,25). The molecular formula is C20H22N4O3S. The van der Waals surface area contributed by atoms with Gasteiger partial charge in [0.25, 0.3) is 0 Å². The Morgan fingerprint density at radius 1 is 1.04 bits per heavy atom. The minimum atomic E-state index is -3.68. The molecule has 0 radical (unpaired) electrons. The van der Waals surface area contributed by atoms with Crippen LogP contribution in [0.2, 0.25) is 0 Å². The molecule has 1 aromatic heterocycles. The third kappa shape index (κ3) is 4.85. The summed E-state index contributed by atoms with van der Waals surface area (Å²) in [6.45, 7) is 0.00417. The molecular weight excluding hydrogens is 376 g/mol. The lowest BCUT2D eigenvalue weighted by Crippen LogP contribution is -2.27. The average molecular weight is 398 g/mol. The van der Waals surface area contributed by atoms with Crippen molar-refractivity contribution in [3.8, 4) is 0 Å². The molecule has 0 unspecified atom stereocenters. The number of carbonyl (C=O) groups excluding carboxylic acids is 1. The minimum Gasteiger partial charge on any atom is -0.363 e. The number of nitrogens with zero attached hydrogens (tertiary/aromatic N) is 2. The summed E-state index contributed by atoms with van der Waals surface area (Å²) in [7, 11) is 0.0712. The van der Waals surface area contributed by atoms with E-state index in [9.17, 15) is 13.2 Å². The van der Waals surface area contributed by atoms with Gasteiger partial charge in [-0.2, -0.15) is 0 Å². The fraction of sp³-hybridized carbons (Fsp3) is 0.200. The molecule has 0 fully saturated rings. The lowest BCUT2D eigenvalue weighted by atomic mass is 10.1. The molecule has 0 spiro atoms. The number of fused-ring (bicyclic) bond motifs is 1. The molecule has 0 saturated heterocycles. The molecule has 0 aliphatic rings. The number of sulfonamides is 1. The van der Waals surface area contributed by atoms with Crippen LogP contribution in [0.4, 0.5) is 11.5 Å². The van der Waals surface area contributed by atoms with Gasteiger partial charge in [-0.25, -0.2) is 18.1 Å². The van der Waals surface area contributed by atoms with Crippen molar-refractivity contribution in [2.75, 3.05) is 30.9 Å². The third-order valence-electron chi connectivity index (χ3n) is 4.17. The predicted octanol–water partition coefficient (Wildman–Crippen LogP) is 2.61. The summed E-state index contributed by atoms with van der Waals surface area (Å²) in [5.41, 5.74) is 0.563. The maximum absolute atomic E-state index is 12.5. The fourth-order valence-electron chi connectivity index (χ4n) is 2.66. The molecule has 2 N–H and O–H groups in total. The Kier molecular flexibility index (Phi) is 5.91. The van der Waals surface area contributed by atoms with Crippen molar-refractivity contribution in [3.63, 3.8) is 0 Å². The smallest absolute Gasteiger partial charge is 0.240 e. The van der Waals surface area contributed by atoms with E-state index in [1.54, 1.807) is 36.5 Å². The Labute approximate surface area is 164 Å². The molecule has 1 amide bonds. The van der Waals surface area contributed by atoms with Gasteiger partial charge < -0.3 is 10.2 Å². The van der Waals surface area contributed by atoms with Crippen molar-refractivity contribution in [1.29, 1.82) is 0 Å². The predicted molar refractivity (Wildman–Crippen MR) is 111 cm³/mol. The summed E-state index contributed by atoms with van der Waals surface area (Å²) in [6, 6.07) is 16.0. The number of aromatic nitrogens is 1. The van der Waals surface area contributed by atoms with E-state index >= 15 is 0 Å². The van der Waals surface area contributed by atoms with Crippen molar-refractivity contribution in [2.24, 2.45) is 0 Å². The first kappa shape index (κ1) is 19.8. The zero-order valence-electron chi connectivity index (χ0n) is 15.7. The van der Waals surface area contributed by atoms with E-state index < -0.39 is 10.0 Å². The van der Waals surface area contributed by atoms with E-state index in [0.29, 0.717) is 5.69 Å². The minimum absolute atomic E-state index is 0.00417. The van der Waals surface area contributed by atoms with Gasteiger partial charge in [0.1, 0.15) is 5.82 Å². The molecule has 3 aromatic rings. The van der Waals surface area contributed by atoms with Crippen LogP contribution in [0.1, 0.15) is 6.42 Å². The van der Waals surface area contributed by atoms with Crippen molar-refractivity contribution in [3.05, 3.63) is 60.8 Å². The summed E-state index contributed by atoms with van der Waals surface area (Å²) < 4.78 is 27.4. The van der Waals surface area contributed by atoms with E-state index in [-0.39, 0.29) is 23.8 Å². The second-order valence-corrected chi connectivity index (χ2v) is 8.27. The van der Waals surface area contributed by atoms with E-state index in [1.165, 1.54) is 0 Å². The first-order valence-electron chi connectivity index (χ1n) is 8.77. The van der Waals surface area contributed by atoms with Gasteiger partial charge in [0.2, 0.25) is 15.9 Å². The second kappa shape index (κ2) is 8.37. The van der Waals surface area contributed by atoms with E-state index in [2.05, 4.69) is 15.0 Å². The molecule has 0 saturated carbocycles. The highest BCUT2D eigenvalue weighted by Gasteiger charge is 2.15. The van der Waals surface area contributed by atoms with Crippen molar-refractivity contribution in [2.45, 2.75) is 11.3 Å². The average Bonchev–Trinajstić information content (AvgIpc) is 2.68. The molecule has 0 bridgehead atoms. The highest BCUT2D eigenvalue weighted by Crippen LogP contribution is 2.18. The Morgan fingerprint density at radius 2 is 1.79 bits per heavy atom. The summed E-state index contributed by atoms with van der Waals surface area (Å²) in [6.07, 6.45) is 1.58. The summed E-state index contributed by atoms with van der Waals surface area (Å²) in [5, 5.41) is 4.52. The van der Waals surface area contributed by atoms with Crippen LogP contribution in [0.5, 0.6) is 0 Å². The lowest BCUT2D eigenvalue weighted by Gasteiger charge is -2.12. The molecule has 28 heavy (non-hydrogen) atoms. The van der Waals surface area contributed by atoms with Crippen LogP contribution in [-0.2, 0) is 14.8 Å². The maximum Gasteiger partial charge on any atom is 0.240 e. The van der Waals surface area contributed by atoms with E-state index in [0.717, 1.165) is 16.6 Å². The molecule has 0 atom stereocenters. The number of pyridine rings is 1. The first-order valence-corrected chi connectivity index (χ1v) is 10.3. The monoisotopic (exact) mass is 398 g/mol. The van der Waals surface area contributed by atoms with Crippen molar-refractivity contribution in [1.82, 2.24) is 9.71 Å². The van der Waals surface area contributed by atoms with Crippen molar-refractivity contribution >= 4 is 38.2 Å². The molecule has 0 aliphatic carbocycles. The summed E-state index contributed by atoms with van der Waals surface area (Å²) in [5.74, 6) is 0.488. The molecule has 2 aromatic carbocycles. The Hall–Kier alpha value is -2.97. The van der Waals surface area contributed by atoms with Gasteiger partial charge in [-0.1, -0.05) is 30.3 Å². The van der Waals surface area contributed by atoms with Gasteiger partial charge in [0.05, 0.1) is 16.8 Å². The number of amides is 1. The van der Waals surface area contributed by atoms with Crippen molar-refractivity contribution < 1.29 is 13.2 Å². The topological polar surface area (TPSA) is 91.4 Å². The summed E-state index contributed by atoms with van der Waals surface area (Å²) in [4.78, 5) is 18.3. The van der Waals surface area contributed by atoms with Gasteiger partial charge in [-0.15, -0.1) is 0 Å². The number of nitrogens with one attached hydrogen (secondary N) is 2. The van der Waals surface area contributed by atoms with Crippen LogP contribution in [-0.4, -0.2) is 39.9 Å². The van der Waals surface area contributed by atoms with Gasteiger partial charge >= 0.3 is 0 Å². The molecule has 3 rings (SSSR count). The van der Waals surface area contributed by atoms with Crippen LogP contribution in [0.15, 0.2) is 65.7 Å². The number of hydrogen-bond acceptors (Lipinski definition) is 5. The van der Waals surface area contributed by atoms with E-state index in [4.69, 9.17) is 0 Å². The van der Waals surface area contributed by atoms with E-state index in [1.807, 2.05) is 43.3 Å². The van der Waals surface area contributed by atoms with Gasteiger partial charge in [-0.05, 0) is 35.0 Å². The number of anilines is 2. The zero-order chi connectivity index (χ0) is 20.1. The normalized spacial score (nSPS) is 11.4. The molecule has 1 heterocycles. The maximum atomic E-state index is 12.5. The van der Waals surface area contributed by atoms with Crippen LogP contribution >= 0.6 is 0 Å². The van der Waals surface area contributed by atoms with Gasteiger partial charge in [0, 0.05) is 27.1 Å². The number of hydrogen-bond donors (Lipinski definition) is 2. The second-order valence-electron chi connectivity index (χ2n) is 6.50. The first-order chi connectivity index (χ1) is 13.3. The fourth-order valence-corrected chi connectivity index (χ4v) is 3.73. The Bertz CT molecular complexity index is 1080. The highest BCUT2D eigenvalue weighted by atomic mass is 32.2. The van der Waals surface area contributed by atoms with Crippen LogP contribution in [0.3, 0.4) is 0 Å². The molecule has 7 nitrogen and oxygen atoms in total. The van der Waals surface area contributed by atoms with Crippen LogP contribution < -0.4 is 14.9 Å². The molecule has 8 heteroatoms. The number of rotatable bonds is 7. The number of benzene rings is 2. The highest BCUT2D eigenvalue weighted by molar-refractivity contribution is 7.89. The Morgan fingerprint density at radius 3 is 2.46 bits per heavy atom. The van der Waals surface area contributed by atoms with Crippen LogP contribution in [0, 0.1) is 0 Å². The number of carbonyl (C=O) groups is 1. The lowest BCUT2D eigenvalue weighted by molar-refractivity contribution is -0.116. The Balaban J connectivity index is 1.56. The third-order valence-corrected chi connectivity index (χ3v) is 5.62. The van der Waals surface area contributed by atoms with Crippen LogP contribution in [0.25, 0.3) is 10.8 Å². The molecule has 146 valence electrons. The SMILES string of the molecule is CN(C)c1ccc(NC(=O)CCNS(=O)(=O)c2ccc3ccccc3c2)cn1. The zero-order valence-corrected chi connectivity index (χ0v) is 16.5. The largest absolute Gasteiger partial charge is 0.363 e. The molecule has 0 aliphatic heterocycles. The quantitative estimate of drug-likeness (QED) is 0.638.